The van der Waals surface area contributed by atoms with Crippen LogP contribution in [0.3, 0.4) is 0 Å². The Bertz CT molecular complexity index is 620. The molecular weight excluding hydrogens is 262 g/mol. The molecule has 3 nitrogen and oxygen atoms in total. The molecular formula is C12H5ClF2N2O. The Labute approximate surface area is 106 Å². The van der Waals surface area contributed by atoms with E-state index in [1.165, 1.54) is 18.2 Å². The fourth-order valence-corrected chi connectivity index (χ4v) is 1.55. The van der Waals surface area contributed by atoms with Gasteiger partial charge in [-0.2, -0.15) is 19.0 Å². The Morgan fingerprint density at radius 3 is 2.28 bits per heavy atom. The first-order valence-corrected chi connectivity index (χ1v) is 5.16. The predicted molar refractivity (Wildman–Crippen MR) is 60.4 cm³/mol. The predicted octanol–water partition coefficient (Wildman–Crippen LogP) is 3.68. The van der Waals surface area contributed by atoms with E-state index in [4.69, 9.17) is 21.6 Å². The van der Waals surface area contributed by atoms with Crippen LogP contribution in [0.5, 0.6) is 11.5 Å². The number of nitriles is 1. The van der Waals surface area contributed by atoms with Crippen molar-refractivity contribution < 1.29 is 13.5 Å². The Morgan fingerprint density at radius 2 is 1.67 bits per heavy atom. The Kier molecular flexibility index (Phi) is 3.40. The molecule has 18 heavy (non-hydrogen) atoms. The molecule has 0 aliphatic carbocycles. The standard InChI is InChI=1S/C12H5ClF2N2O/c13-8-1-7(6-16)2-9(3-8)18-10-4-11(14)17-12(15)5-10/h1-5H. The Morgan fingerprint density at radius 1 is 1.06 bits per heavy atom. The van der Waals surface area contributed by atoms with Gasteiger partial charge in [0.2, 0.25) is 11.9 Å². The second-order valence-corrected chi connectivity index (χ2v) is 3.77. The van der Waals surface area contributed by atoms with Crippen molar-refractivity contribution >= 4 is 11.6 Å². The van der Waals surface area contributed by atoms with E-state index in [-0.39, 0.29) is 17.1 Å². The topological polar surface area (TPSA) is 45.9 Å². The lowest BCUT2D eigenvalue weighted by Crippen LogP contribution is -1.92. The van der Waals surface area contributed by atoms with Crippen LogP contribution in [0.15, 0.2) is 30.3 Å². The summed E-state index contributed by atoms with van der Waals surface area (Å²) in [7, 11) is 0. The quantitative estimate of drug-likeness (QED) is 0.779. The summed E-state index contributed by atoms with van der Waals surface area (Å²) in [6.07, 6.45) is 0. The molecule has 1 aromatic heterocycles. The summed E-state index contributed by atoms with van der Waals surface area (Å²) in [6, 6.07) is 8.03. The number of hydrogen-bond acceptors (Lipinski definition) is 3. The van der Waals surface area contributed by atoms with Crippen LogP contribution < -0.4 is 4.74 Å². The van der Waals surface area contributed by atoms with Gasteiger partial charge >= 0.3 is 0 Å². The van der Waals surface area contributed by atoms with E-state index in [2.05, 4.69) is 4.98 Å². The number of halogens is 3. The average Bonchev–Trinajstić information content (AvgIpc) is 2.26. The number of ether oxygens (including phenoxy) is 1. The molecule has 0 aliphatic rings. The highest BCUT2D eigenvalue weighted by Crippen LogP contribution is 2.26. The summed E-state index contributed by atoms with van der Waals surface area (Å²) >= 11 is 5.77. The first kappa shape index (κ1) is 12.3. The third-order valence-electron chi connectivity index (χ3n) is 1.97. The maximum Gasteiger partial charge on any atom is 0.219 e. The van der Waals surface area contributed by atoms with E-state index in [0.29, 0.717) is 5.02 Å². The second kappa shape index (κ2) is 4.98. The first-order valence-electron chi connectivity index (χ1n) is 4.78. The molecule has 0 saturated heterocycles. The molecule has 0 N–H and O–H groups in total. The minimum atomic E-state index is -0.993. The van der Waals surface area contributed by atoms with E-state index in [0.717, 1.165) is 12.1 Å². The lowest BCUT2D eigenvalue weighted by molar-refractivity contribution is 0.451. The van der Waals surface area contributed by atoms with Gasteiger partial charge < -0.3 is 4.74 Å². The number of pyridine rings is 1. The Balaban J connectivity index is 2.34. The molecule has 90 valence electrons. The number of benzene rings is 1. The van der Waals surface area contributed by atoms with Crippen LogP contribution in [0, 0.1) is 23.2 Å². The van der Waals surface area contributed by atoms with Crippen LogP contribution >= 0.6 is 11.6 Å². The van der Waals surface area contributed by atoms with E-state index in [1.54, 1.807) is 0 Å². The number of hydrogen-bond donors (Lipinski definition) is 0. The van der Waals surface area contributed by atoms with Gasteiger partial charge in [-0.1, -0.05) is 11.6 Å². The molecule has 1 aromatic carbocycles. The molecule has 0 saturated carbocycles. The number of rotatable bonds is 2. The van der Waals surface area contributed by atoms with Crippen LogP contribution in [-0.2, 0) is 0 Å². The highest BCUT2D eigenvalue weighted by atomic mass is 35.5. The van der Waals surface area contributed by atoms with Gasteiger partial charge in [0.15, 0.2) is 0 Å². The molecule has 1 heterocycles. The summed E-state index contributed by atoms with van der Waals surface area (Å²) in [5, 5.41) is 9.04. The molecule has 0 spiro atoms. The third-order valence-corrected chi connectivity index (χ3v) is 2.19. The first-order chi connectivity index (χ1) is 8.56. The zero-order valence-corrected chi connectivity index (χ0v) is 9.58. The Hall–Kier alpha value is -2.19. The third kappa shape index (κ3) is 2.93. The van der Waals surface area contributed by atoms with Crippen molar-refractivity contribution in [3.63, 3.8) is 0 Å². The van der Waals surface area contributed by atoms with Gasteiger partial charge in [-0.15, -0.1) is 0 Å². The van der Waals surface area contributed by atoms with E-state index < -0.39 is 11.9 Å². The zero-order valence-electron chi connectivity index (χ0n) is 8.82. The summed E-state index contributed by atoms with van der Waals surface area (Å²) in [4.78, 5) is 2.94. The molecule has 0 unspecified atom stereocenters. The lowest BCUT2D eigenvalue weighted by atomic mass is 10.2. The van der Waals surface area contributed by atoms with Crippen LogP contribution in [0.1, 0.15) is 5.56 Å². The monoisotopic (exact) mass is 266 g/mol. The van der Waals surface area contributed by atoms with Gasteiger partial charge in [0.1, 0.15) is 11.5 Å². The number of nitrogens with zero attached hydrogens (tertiary/aromatic N) is 2. The molecule has 0 radical (unpaired) electrons. The molecule has 0 atom stereocenters. The SMILES string of the molecule is N#Cc1cc(Cl)cc(Oc2cc(F)nc(F)c2)c1. The summed E-state index contributed by atoms with van der Waals surface area (Å²) < 4.78 is 30.9. The van der Waals surface area contributed by atoms with Crippen LogP contribution in [0.25, 0.3) is 0 Å². The van der Waals surface area contributed by atoms with Crippen molar-refractivity contribution in [2.75, 3.05) is 0 Å². The van der Waals surface area contributed by atoms with Gasteiger partial charge in [0.25, 0.3) is 0 Å². The smallest absolute Gasteiger partial charge is 0.219 e. The van der Waals surface area contributed by atoms with Gasteiger partial charge in [-0.3, -0.25) is 0 Å². The van der Waals surface area contributed by atoms with Crippen molar-refractivity contribution in [1.82, 2.24) is 4.98 Å². The van der Waals surface area contributed by atoms with Crippen molar-refractivity contribution in [1.29, 1.82) is 5.26 Å². The minimum Gasteiger partial charge on any atom is -0.457 e. The van der Waals surface area contributed by atoms with Gasteiger partial charge in [0, 0.05) is 17.2 Å². The molecule has 0 fully saturated rings. The van der Waals surface area contributed by atoms with Crippen LogP contribution in [0.4, 0.5) is 8.78 Å². The zero-order chi connectivity index (χ0) is 13.1. The van der Waals surface area contributed by atoms with Crippen molar-refractivity contribution in [3.05, 3.63) is 52.8 Å². The maximum absolute atomic E-state index is 12.8. The summed E-state index contributed by atoms with van der Waals surface area (Å²) in [5.41, 5.74) is 0.285. The number of aromatic nitrogens is 1. The van der Waals surface area contributed by atoms with Crippen LogP contribution in [0.2, 0.25) is 5.02 Å². The molecule has 2 rings (SSSR count). The van der Waals surface area contributed by atoms with E-state index >= 15 is 0 Å². The largest absolute Gasteiger partial charge is 0.457 e. The minimum absolute atomic E-state index is 0.0637. The maximum atomic E-state index is 12.8. The molecule has 2 aromatic rings. The van der Waals surface area contributed by atoms with Gasteiger partial charge in [0.05, 0.1) is 11.6 Å². The molecule has 0 bridgehead atoms. The fraction of sp³-hybridized carbons (Fsp3) is 0. The highest BCUT2D eigenvalue weighted by Gasteiger charge is 2.06. The molecule has 6 heteroatoms. The highest BCUT2D eigenvalue weighted by molar-refractivity contribution is 6.30. The van der Waals surface area contributed by atoms with Crippen molar-refractivity contribution in [2.24, 2.45) is 0 Å². The fourth-order valence-electron chi connectivity index (χ4n) is 1.32. The normalized spacial score (nSPS) is 9.89. The van der Waals surface area contributed by atoms with E-state index in [1.807, 2.05) is 6.07 Å². The van der Waals surface area contributed by atoms with Gasteiger partial charge in [-0.05, 0) is 18.2 Å². The van der Waals surface area contributed by atoms with Crippen molar-refractivity contribution in [3.8, 4) is 17.6 Å². The molecule has 0 aliphatic heterocycles. The summed E-state index contributed by atoms with van der Waals surface area (Å²) in [6.45, 7) is 0. The van der Waals surface area contributed by atoms with Crippen LogP contribution in [-0.4, -0.2) is 4.98 Å². The second-order valence-electron chi connectivity index (χ2n) is 3.34. The lowest BCUT2D eigenvalue weighted by Gasteiger charge is -2.06. The summed E-state index contributed by atoms with van der Waals surface area (Å²) in [5.74, 6) is -1.84. The van der Waals surface area contributed by atoms with E-state index in [9.17, 15) is 8.78 Å². The van der Waals surface area contributed by atoms with Crippen molar-refractivity contribution in [2.45, 2.75) is 0 Å². The average molecular weight is 267 g/mol. The molecule has 0 amide bonds. The van der Waals surface area contributed by atoms with Gasteiger partial charge in [-0.25, -0.2) is 0 Å².